The van der Waals surface area contributed by atoms with Crippen LogP contribution < -0.4 is 4.90 Å². The summed E-state index contributed by atoms with van der Waals surface area (Å²) in [7, 11) is 0. The van der Waals surface area contributed by atoms with Crippen LogP contribution in [0.1, 0.15) is 44.2 Å². The van der Waals surface area contributed by atoms with Gasteiger partial charge in [-0.3, -0.25) is 9.69 Å². The van der Waals surface area contributed by atoms with E-state index in [2.05, 4.69) is 60.4 Å². The van der Waals surface area contributed by atoms with E-state index < -0.39 is 0 Å². The van der Waals surface area contributed by atoms with E-state index in [1.165, 1.54) is 11.1 Å². The quantitative estimate of drug-likeness (QED) is 0.302. The van der Waals surface area contributed by atoms with Gasteiger partial charge in [0, 0.05) is 50.4 Å². The van der Waals surface area contributed by atoms with Gasteiger partial charge in [0.15, 0.2) is 0 Å². The van der Waals surface area contributed by atoms with Gasteiger partial charge in [-0.05, 0) is 43.0 Å². The molecular formula is C32H41N3O3S. The van der Waals surface area contributed by atoms with Crippen LogP contribution in [0.25, 0.3) is 0 Å². The molecule has 3 aromatic rings. The van der Waals surface area contributed by atoms with Gasteiger partial charge in [-0.15, -0.1) is 0 Å². The minimum Gasteiger partial charge on any atom is -0.448 e. The zero-order valence-corrected chi connectivity index (χ0v) is 24.0. The third kappa shape index (κ3) is 8.60. The Morgan fingerprint density at radius 3 is 1.82 bits per heavy atom. The number of carbonyl (C=O) groups excluding carboxylic acids is 2. The molecule has 0 unspecified atom stereocenters. The Labute approximate surface area is 240 Å². The lowest BCUT2D eigenvalue weighted by molar-refractivity contribution is -0.119. The molecule has 1 heterocycles. The number of amides is 2. The van der Waals surface area contributed by atoms with Crippen molar-refractivity contribution in [2.24, 2.45) is 0 Å². The molecule has 0 aromatic heterocycles. The van der Waals surface area contributed by atoms with Crippen LogP contribution >= 0.6 is 13.5 Å². The maximum Gasteiger partial charge on any atom is 0.409 e. The molecule has 7 heteroatoms. The Morgan fingerprint density at radius 1 is 0.846 bits per heavy atom. The number of hydrogen-bond donors (Lipinski definition) is 0. The molecule has 39 heavy (non-hydrogen) atoms. The number of para-hydroxylation sites is 1. The fraction of sp³-hybridized carbons (Fsp3) is 0.375. The topological polar surface area (TPSA) is 53.1 Å². The number of likely N-dealkylation sites (tertiary alicyclic amines) is 1. The number of hydrogen-bond acceptors (Lipinski definition) is 4. The molecule has 4 rings (SSSR count). The average molecular weight is 548 g/mol. The minimum atomic E-state index is -0.275. The van der Waals surface area contributed by atoms with E-state index in [9.17, 15) is 9.59 Å². The average Bonchev–Trinajstić information content (AvgIpc) is 2.97. The lowest BCUT2D eigenvalue weighted by atomic mass is 10.0. The summed E-state index contributed by atoms with van der Waals surface area (Å²) in [5.41, 5.74) is 3.38. The van der Waals surface area contributed by atoms with Gasteiger partial charge in [0.05, 0.1) is 0 Å². The van der Waals surface area contributed by atoms with E-state index in [-0.39, 0.29) is 37.6 Å². The largest absolute Gasteiger partial charge is 0.448 e. The molecule has 0 saturated carbocycles. The molecule has 1 aliphatic rings. The Morgan fingerprint density at radius 2 is 1.33 bits per heavy atom. The monoisotopic (exact) mass is 547 g/mol. The zero-order chi connectivity index (χ0) is 26.7. The second-order valence-corrected chi connectivity index (χ2v) is 9.97. The van der Waals surface area contributed by atoms with Gasteiger partial charge in [0.25, 0.3) is 0 Å². The standard InChI is InChI=1S/C32H39N3O3.H2S/c1-3-31(36)35(29-17-11-6-12-18-29)30-19-21-33(22-20-30)32(37)38-25-26(2)34(23-27-13-7-4-8-14-27)24-28-15-9-5-10-16-28;/h4-18,26,30H,3,19-25H2,1-2H3;1H2/t26-;/m0./s1. The van der Waals surface area contributed by atoms with Crippen molar-refractivity contribution < 1.29 is 14.3 Å². The Balaban J connectivity index is 0.00000420. The van der Waals surface area contributed by atoms with Crippen LogP contribution in [-0.4, -0.2) is 53.6 Å². The Bertz CT molecular complexity index is 1100. The first-order chi connectivity index (χ1) is 18.5. The molecule has 1 saturated heterocycles. The minimum absolute atomic E-state index is 0. The molecule has 0 spiro atoms. The van der Waals surface area contributed by atoms with Crippen molar-refractivity contribution in [2.75, 3.05) is 24.6 Å². The fourth-order valence-corrected chi connectivity index (χ4v) is 5.02. The summed E-state index contributed by atoms with van der Waals surface area (Å²) in [5, 5.41) is 0. The summed E-state index contributed by atoms with van der Waals surface area (Å²) in [4.78, 5) is 31.8. The van der Waals surface area contributed by atoms with Gasteiger partial charge in [-0.1, -0.05) is 85.8 Å². The van der Waals surface area contributed by atoms with Crippen molar-refractivity contribution >= 4 is 31.2 Å². The molecule has 3 aromatic carbocycles. The second kappa shape index (κ2) is 15.3. The number of rotatable bonds is 10. The second-order valence-electron chi connectivity index (χ2n) is 9.97. The first-order valence-electron chi connectivity index (χ1n) is 13.7. The molecule has 2 amide bonds. The van der Waals surface area contributed by atoms with Crippen molar-refractivity contribution in [1.29, 1.82) is 0 Å². The Hall–Kier alpha value is -3.29. The number of benzene rings is 3. The van der Waals surface area contributed by atoms with Crippen molar-refractivity contribution in [3.05, 3.63) is 102 Å². The fourth-order valence-electron chi connectivity index (χ4n) is 5.02. The van der Waals surface area contributed by atoms with Gasteiger partial charge in [-0.25, -0.2) is 4.79 Å². The summed E-state index contributed by atoms with van der Waals surface area (Å²) in [6.07, 6.45) is 1.65. The maximum absolute atomic E-state index is 13.0. The van der Waals surface area contributed by atoms with Crippen LogP contribution in [0.15, 0.2) is 91.0 Å². The molecular weight excluding hydrogens is 506 g/mol. The molecule has 208 valence electrons. The van der Waals surface area contributed by atoms with Gasteiger partial charge < -0.3 is 14.5 Å². The maximum atomic E-state index is 13.0. The highest BCUT2D eigenvalue weighted by atomic mass is 32.1. The number of carbonyl (C=O) groups is 2. The first-order valence-corrected chi connectivity index (χ1v) is 13.7. The van der Waals surface area contributed by atoms with E-state index in [1.54, 1.807) is 4.90 Å². The molecule has 1 atom stereocenters. The van der Waals surface area contributed by atoms with Crippen LogP contribution in [0.3, 0.4) is 0 Å². The highest BCUT2D eigenvalue weighted by molar-refractivity contribution is 7.59. The van der Waals surface area contributed by atoms with E-state index >= 15 is 0 Å². The highest BCUT2D eigenvalue weighted by Gasteiger charge is 2.31. The SMILES string of the molecule is CCC(=O)N(c1ccccc1)C1CCN(C(=O)OC[C@H](C)N(Cc2ccccc2)Cc2ccccc2)CC1.S. The van der Waals surface area contributed by atoms with Crippen molar-refractivity contribution in [1.82, 2.24) is 9.80 Å². The molecule has 1 aliphatic heterocycles. The summed E-state index contributed by atoms with van der Waals surface area (Å²) in [6, 6.07) is 30.7. The molecule has 0 aliphatic carbocycles. The van der Waals surface area contributed by atoms with Crippen molar-refractivity contribution in [3.8, 4) is 0 Å². The first kappa shape index (κ1) is 30.3. The van der Waals surface area contributed by atoms with Gasteiger partial charge in [-0.2, -0.15) is 13.5 Å². The van der Waals surface area contributed by atoms with Gasteiger partial charge in [0.1, 0.15) is 6.61 Å². The summed E-state index contributed by atoms with van der Waals surface area (Å²) >= 11 is 0. The van der Waals surface area contributed by atoms with Gasteiger partial charge in [0.2, 0.25) is 5.91 Å². The predicted octanol–water partition coefficient (Wildman–Crippen LogP) is 6.23. The van der Waals surface area contributed by atoms with E-state index in [0.29, 0.717) is 26.1 Å². The lowest BCUT2D eigenvalue weighted by Crippen LogP contribution is -2.49. The van der Waals surface area contributed by atoms with E-state index in [0.717, 1.165) is 31.6 Å². The van der Waals surface area contributed by atoms with Crippen LogP contribution in [0.4, 0.5) is 10.5 Å². The molecule has 6 nitrogen and oxygen atoms in total. The highest BCUT2D eigenvalue weighted by Crippen LogP contribution is 2.25. The van der Waals surface area contributed by atoms with Gasteiger partial charge >= 0.3 is 6.09 Å². The van der Waals surface area contributed by atoms with Crippen molar-refractivity contribution in [2.45, 2.75) is 58.3 Å². The number of piperidine rings is 1. The van der Waals surface area contributed by atoms with Crippen LogP contribution in [0, 0.1) is 0 Å². The van der Waals surface area contributed by atoms with Crippen LogP contribution in [0.2, 0.25) is 0 Å². The van der Waals surface area contributed by atoms with Crippen molar-refractivity contribution in [3.63, 3.8) is 0 Å². The molecule has 1 fully saturated rings. The zero-order valence-electron chi connectivity index (χ0n) is 23.0. The van der Waals surface area contributed by atoms with Crippen LogP contribution in [-0.2, 0) is 22.6 Å². The number of nitrogens with zero attached hydrogens (tertiary/aromatic N) is 3. The van der Waals surface area contributed by atoms with Crippen LogP contribution in [0.5, 0.6) is 0 Å². The Kier molecular flexibility index (Phi) is 11.9. The number of anilines is 1. The number of ether oxygens (including phenoxy) is 1. The molecule has 0 radical (unpaired) electrons. The summed E-state index contributed by atoms with van der Waals surface area (Å²) < 4.78 is 5.81. The lowest BCUT2D eigenvalue weighted by Gasteiger charge is -2.38. The third-order valence-corrected chi connectivity index (χ3v) is 7.22. The summed E-state index contributed by atoms with van der Waals surface area (Å²) in [5.74, 6) is 0.114. The van der Waals surface area contributed by atoms with E-state index in [4.69, 9.17) is 4.74 Å². The molecule has 0 bridgehead atoms. The molecule has 0 N–H and O–H groups in total. The summed E-state index contributed by atoms with van der Waals surface area (Å²) in [6.45, 7) is 7.04. The normalized spacial score (nSPS) is 14.4. The smallest absolute Gasteiger partial charge is 0.409 e. The van der Waals surface area contributed by atoms with E-state index in [1.807, 2.05) is 54.3 Å². The predicted molar refractivity (Wildman–Crippen MR) is 162 cm³/mol. The third-order valence-electron chi connectivity index (χ3n) is 7.22.